The van der Waals surface area contributed by atoms with Crippen molar-refractivity contribution in [2.75, 3.05) is 39.4 Å². The number of ether oxygens (including phenoxy) is 2. The van der Waals surface area contributed by atoms with Crippen molar-refractivity contribution in [2.24, 2.45) is 0 Å². The molecule has 2 aliphatic heterocycles. The summed E-state index contributed by atoms with van der Waals surface area (Å²) in [6.07, 6.45) is 0.00185. The Balaban J connectivity index is 1.70. The Bertz CT molecular complexity index is 1070. The van der Waals surface area contributed by atoms with Crippen molar-refractivity contribution in [3.8, 4) is 11.5 Å². The number of aromatic hydroxyl groups is 1. The lowest BCUT2D eigenvalue weighted by Gasteiger charge is -2.31. The van der Waals surface area contributed by atoms with Gasteiger partial charge in [0.15, 0.2) is 0 Å². The molecule has 8 heteroatoms. The Hall–Kier alpha value is -3.36. The highest BCUT2D eigenvalue weighted by Crippen LogP contribution is 2.40. The normalized spacial score (nSPS) is 20.8. The Morgan fingerprint density at radius 3 is 2.44 bits per heavy atom. The molecular formula is C26H30N2O6. The zero-order valence-electron chi connectivity index (χ0n) is 19.4. The van der Waals surface area contributed by atoms with Crippen LogP contribution >= 0.6 is 0 Å². The number of benzene rings is 2. The highest BCUT2D eigenvalue weighted by molar-refractivity contribution is 6.46. The van der Waals surface area contributed by atoms with Crippen LogP contribution in [0.5, 0.6) is 11.5 Å². The van der Waals surface area contributed by atoms with E-state index in [9.17, 15) is 19.8 Å². The van der Waals surface area contributed by atoms with E-state index in [4.69, 9.17) is 9.47 Å². The average Bonchev–Trinajstić information content (AvgIpc) is 3.08. The standard InChI is InChI=1S/C26H30N2O6/c1-17(2)34-21-8-6-18(7-9-21)24(30)22-23(19-4-3-5-20(29)16-19)28(26(32)25(22)31)11-10-27-12-14-33-15-13-27/h3-9,16-17,23,29-30H,10-15H2,1-2H3/b24-22-. The smallest absolute Gasteiger partial charge is 0.295 e. The van der Waals surface area contributed by atoms with E-state index in [1.165, 1.54) is 17.0 Å². The number of ketones is 1. The first-order chi connectivity index (χ1) is 16.3. The van der Waals surface area contributed by atoms with Crippen molar-refractivity contribution in [1.29, 1.82) is 0 Å². The zero-order valence-corrected chi connectivity index (χ0v) is 19.4. The van der Waals surface area contributed by atoms with E-state index in [1.807, 2.05) is 13.8 Å². The molecule has 0 spiro atoms. The van der Waals surface area contributed by atoms with E-state index >= 15 is 0 Å². The quantitative estimate of drug-likeness (QED) is 0.368. The van der Waals surface area contributed by atoms with E-state index in [0.717, 1.165) is 13.1 Å². The first-order valence-electron chi connectivity index (χ1n) is 11.5. The number of nitrogens with zero attached hydrogens (tertiary/aromatic N) is 2. The number of carbonyl (C=O) groups excluding carboxylic acids is 2. The molecule has 0 bridgehead atoms. The summed E-state index contributed by atoms with van der Waals surface area (Å²) < 4.78 is 11.0. The summed E-state index contributed by atoms with van der Waals surface area (Å²) in [6.45, 7) is 7.49. The number of hydrogen-bond donors (Lipinski definition) is 2. The topological polar surface area (TPSA) is 99.5 Å². The molecule has 2 heterocycles. The van der Waals surface area contributed by atoms with Crippen LogP contribution in [0.15, 0.2) is 54.1 Å². The number of hydrogen-bond acceptors (Lipinski definition) is 7. The molecule has 2 aliphatic rings. The van der Waals surface area contributed by atoms with Crippen LogP contribution in [0.3, 0.4) is 0 Å². The molecule has 2 aromatic rings. The number of Topliss-reactive ketones (excluding diaryl/α,β-unsaturated/α-hetero) is 1. The van der Waals surface area contributed by atoms with E-state index < -0.39 is 17.7 Å². The summed E-state index contributed by atoms with van der Waals surface area (Å²) in [7, 11) is 0. The third-order valence-electron chi connectivity index (χ3n) is 5.99. The molecule has 180 valence electrons. The largest absolute Gasteiger partial charge is 0.508 e. The molecule has 2 saturated heterocycles. The van der Waals surface area contributed by atoms with E-state index in [0.29, 0.717) is 43.2 Å². The van der Waals surface area contributed by atoms with Gasteiger partial charge in [0.1, 0.15) is 17.3 Å². The van der Waals surface area contributed by atoms with Gasteiger partial charge in [0.2, 0.25) is 0 Å². The van der Waals surface area contributed by atoms with Gasteiger partial charge < -0.3 is 24.6 Å². The summed E-state index contributed by atoms with van der Waals surface area (Å²) in [6, 6.07) is 12.4. The molecule has 1 unspecified atom stereocenters. The molecule has 2 N–H and O–H groups in total. The fourth-order valence-electron chi connectivity index (χ4n) is 4.35. The van der Waals surface area contributed by atoms with Crippen LogP contribution in [0, 0.1) is 0 Å². The van der Waals surface area contributed by atoms with Crippen LogP contribution in [0.25, 0.3) is 5.76 Å². The fraction of sp³-hybridized carbons (Fsp3) is 0.385. The summed E-state index contributed by atoms with van der Waals surface area (Å²) >= 11 is 0. The Labute approximate surface area is 199 Å². The Kier molecular flexibility index (Phi) is 7.19. The third kappa shape index (κ3) is 5.08. The van der Waals surface area contributed by atoms with Crippen LogP contribution in [-0.2, 0) is 14.3 Å². The van der Waals surface area contributed by atoms with Gasteiger partial charge in [0.25, 0.3) is 11.7 Å². The predicted molar refractivity (Wildman–Crippen MR) is 127 cm³/mol. The summed E-state index contributed by atoms with van der Waals surface area (Å²) in [4.78, 5) is 29.9. The summed E-state index contributed by atoms with van der Waals surface area (Å²) in [5.41, 5.74) is 0.977. The molecule has 1 amide bonds. The molecule has 34 heavy (non-hydrogen) atoms. The number of aliphatic hydroxyl groups is 1. The monoisotopic (exact) mass is 466 g/mol. The number of likely N-dealkylation sites (tertiary alicyclic amines) is 1. The highest BCUT2D eigenvalue weighted by Gasteiger charge is 2.46. The molecule has 2 fully saturated rings. The number of aliphatic hydroxyl groups excluding tert-OH is 1. The molecule has 0 saturated carbocycles. The number of phenolic OH excluding ortho intramolecular Hbond substituents is 1. The molecule has 8 nitrogen and oxygen atoms in total. The number of carbonyl (C=O) groups is 2. The average molecular weight is 467 g/mol. The number of rotatable bonds is 7. The second-order valence-corrected chi connectivity index (χ2v) is 8.73. The van der Waals surface area contributed by atoms with Crippen molar-refractivity contribution >= 4 is 17.4 Å². The van der Waals surface area contributed by atoms with Crippen molar-refractivity contribution in [1.82, 2.24) is 9.80 Å². The number of amides is 1. The number of phenols is 1. The molecule has 4 rings (SSSR count). The van der Waals surface area contributed by atoms with E-state index in [2.05, 4.69) is 4.90 Å². The van der Waals surface area contributed by atoms with Gasteiger partial charge in [-0.25, -0.2) is 0 Å². The van der Waals surface area contributed by atoms with Gasteiger partial charge in [-0.3, -0.25) is 14.5 Å². The Morgan fingerprint density at radius 2 is 1.79 bits per heavy atom. The maximum absolute atomic E-state index is 13.1. The van der Waals surface area contributed by atoms with Crippen LogP contribution in [0.2, 0.25) is 0 Å². The first-order valence-corrected chi connectivity index (χ1v) is 11.5. The fourth-order valence-corrected chi connectivity index (χ4v) is 4.35. The third-order valence-corrected chi connectivity index (χ3v) is 5.99. The lowest BCUT2D eigenvalue weighted by Crippen LogP contribution is -2.42. The van der Waals surface area contributed by atoms with Crippen molar-refractivity contribution in [3.05, 3.63) is 65.2 Å². The lowest BCUT2D eigenvalue weighted by atomic mass is 9.95. The molecule has 1 atom stereocenters. The van der Waals surface area contributed by atoms with Crippen LogP contribution < -0.4 is 4.74 Å². The highest BCUT2D eigenvalue weighted by atomic mass is 16.5. The van der Waals surface area contributed by atoms with Gasteiger partial charge in [-0.05, 0) is 55.8 Å². The summed E-state index contributed by atoms with van der Waals surface area (Å²) in [5.74, 6) is -0.997. The minimum Gasteiger partial charge on any atom is -0.508 e. The van der Waals surface area contributed by atoms with Crippen molar-refractivity contribution in [2.45, 2.75) is 26.0 Å². The molecule has 0 aromatic heterocycles. The first kappa shape index (κ1) is 23.8. The molecular weight excluding hydrogens is 436 g/mol. The Morgan fingerprint density at radius 1 is 1.09 bits per heavy atom. The minimum absolute atomic E-state index is 0.00185. The molecule has 2 aromatic carbocycles. The predicted octanol–water partition coefficient (Wildman–Crippen LogP) is 2.93. The second kappa shape index (κ2) is 10.3. The molecule has 0 radical (unpaired) electrons. The van der Waals surface area contributed by atoms with Gasteiger partial charge in [0, 0.05) is 31.7 Å². The lowest BCUT2D eigenvalue weighted by molar-refractivity contribution is -0.140. The van der Waals surface area contributed by atoms with Crippen LogP contribution in [0.1, 0.15) is 31.0 Å². The number of morpholine rings is 1. The van der Waals surface area contributed by atoms with Gasteiger partial charge in [0.05, 0.1) is 30.9 Å². The minimum atomic E-state index is -0.806. The van der Waals surface area contributed by atoms with Crippen LogP contribution in [-0.4, -0.2) is 77.2 Å². The maximum Gasteiger partial charge on any atom is 0.295 e. The zero-order chi connectivity index (χ0) is 24.2. The van der Waals surface area contributed by atoms with E-state index in [1.54, 1.807) is 36.4 Å². The van der Waals surface area contributed by atoms with Crippen LogP contribution in [0.4, 0.5) is 0 Å². The van der Waals surface area contributed by atoms with Crippen molar-refractivity contribution < 1.29 is 29.3 Å². The van der Waals surface area contributed by atoms with Gasteiger partial charge >= 0.3 is 0 Å². The van der Waals surface area contributed by atoms with Gasteiger partial charge in [-0.2, -0.15) is 0 Å². The summed E-state index contributed by atoms with van der Waals surface area (Å²) in [5, 5.41) is 21.2. The molecule has 0 aliphatic carbocycles. The second-order valence-electron chi connectivity index (χ2n) is 8.73. The maximum atomic E-state index is 13.1. The van der Waals surface area contributed by atoms with Crippen molar-refractivity contribution in [3.63, 3.8) is 0 Å². The SMILES string of the molecule is CC(C)Oc1ccc(/C(O)=C2/C(=O)C(=O)N(CCN3CCOCC3)C2c2cccc(O)c2)cc1. The van der Waals surface area contributed by atoms with E-state index in [-0.39, 0.29) is 23.2 Å². The van der Waals surface area contributed by atoms with Gasteiger partial charge in [-0.1, -0.05) is 12.1 Å². The van der Waals surface area contributed by atoms with Gasteiger partial charge in [-0.15, -0.1) is 0 Å².